The molecule has 0 unspecified atom stereocenters. The Morgan fingerprint density at radius 1 is 1.11 bits per heavy atom. The predicted octanol–water partition coefficient (Wildman–Crippen LogP) is 5.85. The lowest BCUT2D eigenvalue weighted by Gasteiger charge is -2.14. The van der Waals surface area contributed by atoms with Crippen molar-refractivity contribution >= 4 is 56.2 Å². The summed E-state index contributed by atoms with van der Waals surface area (Å²) in [4.78, 5) is 5.17. The van der Waals surface area contributed by atoms with Crippen molar-refractivity contribution < 1.29 is 26.4 Å². The Labute approximate surface area is 174 Å². The Morgan fingerprint density at radius 3 is 2.32 bits per heavy atom. The molecule has 0 radical (unpaired) electrons. The first kappa shape index (κ1) is 22.6. The van der Waals surface area contributed by atoms with Crippen molar-refractivity contribution in [2.45, 2.75) is 19.0 Å². The first-order chi connectivity index (χ1) is 12.9. The fourth-order valence-corrected chi connectivity index (χ4v) is 3.21. The van der Waals surface area contributed by atoms with Crippen LogP contribution in [0.15, 0.2) is 41.6 Å². The maximum Gasteiger partial charge on any atom is 0.516 e. The van der Waals surface area contributed by atoms with Gasteiger partial charge in [-0.25, -0.2) is 0 Å². The lowest BCUT2D eigenvalue weighted by Crippen LogP contribution is -2.30. The number of nitrogens with one attached hydrogen (secondary N) is 1. The van der Waals surface area contributed by atoms with Crippen LogP contribution in [0.5, 0.6) is 0 Å². The highest BCUT2D eigenvalue weighted by atomic mass is 35.5. The fraction of sp³-hybridized carbons (Fsp3) is 0.188. The molecule has 0 bridgehead atoms. The highest BCUT2D eigenvalue weighted by Crippen LogP contribution is 2.29. The molecule has 2 aromatic rings. The first-order valence-electron chi connectivity index (χ1n) is 7.40. The van der Waals surface area contributed by atoms with E-state index in [1.807, 2.05) is 0 Å². The number of alkyl halides is 3. The molecule has 5 nitrogen and oxygen atoms in total. The maximum absolute atomic E-state index is 12.6. The van der Waals surface area contributed by atoms with E-state index in [2.05, 4.69) is 5.16 Å². The SMILES string of the molecule is CC(=NOCc1ccc(Cl)cc1Cl)c1cc(Cl)ccc1NS(=O)(=O)C(F)(F)F. The molecule has 1 N–H and O–H groups in total. The van der Waals surface area contributed by atoms with Crippen LogP contribution >= 0.6 is 34.8 Å². The van der Waals surface area contributed by atoms with E-state index in [9.17, 15) is 21.6 Å². The van der Waals surface area contributed by atoms with Gasteiger partial charge in [0.1, 0.15) is 6.61 Å². The molecular weight excluding hydrogens is 464 g/mol. The molecule has 0 aliphatic heterocycles. The molecule has 0 aliphatic rings. The molecule has 0 spiro atoms. The van der Waals surface area contributed by atoms with E-state index in [0.717, 1.165) is 6.07 Å². The summed E-state index contributed by atoms with van der Waals surface area (Å²) in [5.74, 6) is 0. The second-order valence-electron chi connectivity index (χ2n) is 5.43. The average molecular weight is 476 g/mol. The largest absolute Gasteiger partial charge is 0.516 e. The standard InChI is InChI=1S/C16H12Cl3F3N2O3S/c1-9(23-27-8-10-2-3-12(18)7-14(10)19)13-6-11(17)4-5-15(13)24-28(25,26)16(20,21)22/h2-7,24H,8H2,1H3. The number of hydrogen-bond acceptors (Lipinski definition) is 4. The number of sulfonamides is 1. The van der Waals surface area contributed by atoms with Crippen molar-refractivity contribution in [3.05, 3.63) is 62.6 Å². The van der Waals surface area contributed by atoms with E-state index < -0.39 is 15.5 Å². The Hall–Kier alpha value is -1.68. The average Bonchev–Trinajstić information content (AvgIpc) is 2.57. The molecule has 0 saturated heterocycles. The molecule has 28 heavy (non-hydrogen) atoms. The molecule has 2 rings (SSSR count). The van der Waals surface area contributed by atoms with Crippen LogP contribution in [0, 0.1) is 0 Å². The Bertz CT molecular complexity index is 1010. The number of halogens is 6. The van der Waals surface area contributed by atoms with Crippen LogP contribution in [0.25, 0.3) is 0 Å². The fourth-order valence-electron chi connectivity index (χ4n) is 1.99. The highest BCUT2D eigenvalue weighted by molar-refractivity contribution is 7.93. The smallest absolute Gasteiger partial charge is 0.391 e. The predicted molar refractivity (Wildman–Crippen MR) is 104 cm³/mol. The lowest BCUT2D eigenvalue weighted by atomic mass is 10.1. The molecule has 152 valence electrons. The van der Waals surface area contributed by atoms with Crippen LogP contribution < -0.4 is 4.72 Å². The number of nitrogens with zero attached hydrogens (tertiary/aromatic N) is 1. The van der Waals surface area contributed by atoms with Crippen LogP contribution in [0.1, 0.15) is 18.1 Å². The summed E-state index contributed by atoms with van der Waals surface area (Å²) in [5.41, 5.74) is -5.14. The molecule has 0 amide bonds. The minimum absolute atomic E-state index is 0.0162. The molecule has 2 aromatic carbocycles. The molecule has 0 fully saturated rings. The van der Waals surface area contributed by atoms with E-state index in [1.165, 1.54) is 29.8 Å². The van der Waals surface area contributed by atoms with Crippen LogP contribution in [0.4, 0.5) is 18.9 Å². The minimum atomic E-state index is -5.61. The van der Waals surface area contributed by atoms with Gasteiger partial charge in [0.25, 0.3) is 0 Å². The molecule has 12 heteroatoms. The first-order valence-corrected chi connectivity index (χ1v) is 10.0. The van der Waals surface area contributed by atoms with E-state index in [-0.39, 0.29) is 28.6 Å². The Balaban J connectivity index is 2.25. The summed E-state index contributed by atoms with van der Waals surface area (Å²) in [6, 6.07) is 8.32. The quantitative estimate of drug-likeness (QED) is 0.421. The van der Waals surface area contributed by atoms with Gasteiger partial charge in [0.05, 0.1) is 11.4 Å². The number of oxime groups is 1. The van der Waals surface area contributed by atoms with Crippen LogP contribution in [0.2, 0.25) is 15.1 Å². The highest BCUT2D eigenvalue weighted by Gasteiger charge is 2.46. The van der Waals surface area contributed by atoms with Crippen molar-refractivity contribution in [2.24, 2.45) is 5.16 Å². The van der Waals surface area contributed by atoms with Crippen molar-refractivity contribution in [1.29, 1.82) is 0 Å². The summed E-state index contributed by atoms with van der Waals surface area (Å²) < 4.78 is 62.1. The molecular formula is C16H12Cl3F3N2O3S. The summed E-state index contributed by atoms with van der Waals surface area (Å²) in [6.45, 7) is 1.37. The van der Waals surface area contributed by atoms with Gasteiger partial charge in [-0.2, -0.15) is 21.6 Å². The van der Waals surface area contributed by atoms with Gasteiger partial charge in [0, 0.05) is 26.2 Å². The van der Waals surface area contributed by atoms with Gasteiger partial charge < -0.3 is 4.84 Å². The van der Waals surface area contributed by atoms with Gasteiger partial charge in [-0.3, -0.25) is 4.72 Å². The summed E-state index contributed by atoms with van der Waals surface area (Å²) in [7, 11) is -5.61. The number of benzene rings is 2. The van der Waals surface area contributed by atoms with Gasteiger partial charge in [0.15, 0.2) is 0 Å². The molecule has 0 saturated carbocycles. The number of anilines is 1. The Morgan fingerprint density at radius 2 is 1.71 bits per heavy atom. The minimum Gasteiger partial charge on any atom is -0.391 e. The van der Waals surface area contributed by atoms with Crippen molar-refractivity contribution in [3.63, 3.8) is 0 Å². The third-order valence-corrected chi connectivity index (χ3v) is 5.28. The third-order valence-electron chi connectivity index (χ3n) is 3.36. The summed E-state index contributed by atoms with van der Waals surface area (Å²) in [5, 5.41) is 4.75. The van der Waals surface area contributed by atoms with Crippen molar-refractivity contribution in [1.82, 2.24) is 0 Å². The molecule has 0 atom stereocenters. The lowest BCUT2D eigenvalue weighted by molar-refractivity contribution is -0.0429. The van der Waals surface area contributed by atoms with Gasteiger partial charge >= 0.3 is 15.5 Å². The van der Waals surface area contributed by atoms with Crippen LogP contribution in [-0.4, -0.2) is 19.6 Å². The number of rotatable bonds is 6. The monoisotopic (exact) mass is 474 g/mol. The van der Waals surface area contributed by atoms with E-state index in [1.54, 1.807) is 12.1 Å². The van der Waals surface area contributed by atoms with Gasteiger partial charge in [-0.15, -0.1) is 0 Å². The molecule has 0 aromatic heterocycles. The van der Waals surface area contributed by atoms with Crippen LogP contribution in [0.3, 0.4) is 0 Å². The summed E-state index contributed by atoms with van der Waals surface area (Å²) >= 11 is 17.7. The zero-order chi connectivity index (χ0) is 21.1. The second-order valence-corrected chi connectivity index (χ2v) is 8.38. The zero-order valence-corrected chi connectivity index (χ0v) is 17.1. The van der Waals surface area contributed by atoms with E-state index in [0.29, 0.717) is 15.6 Å². The topological polar surface area (TPSA) is 67.8 Å². The van der Waals surface area contributed by atoms with Gasteiger partial charge in [0.2, 0.25) is 0 Å². The van der Waals surface area contributed by atoms with Gasteiger partial charge in [-0.05, 0) is 37.3 Å². The molecule has 0 aliphatic carbocycles. The normalized spacial score (nSPS) is 12.8. The van der Waals surface area contributed by atoms with E-state index >= 15 is 0 Å². The Kier molecular flexibility index (Phi) is 7.08. The number of hydrogen-bond donors (Lipinski definition) is 1. The van der Waals surface area contributed by atoms with E-state index in [4.69, 9.17) is 39.6 Å². The van der Waals surface area contributed by atoms with Crippen molar-refractivity contribution in [3.8, 4) is 0 Å². The van der Waals surface area contributed by atoms with Crippen molar-refractivity contribution in [2.75, 3.05) is 4.72 Å². The zero-order valence-electron chi connectivity index (χ0n) is 14.0. The maximum atomic E-state index is 12.6. The third kappa shape index (κ3) is 5.66. The molecule has 0 heterocycles. The second kappa shape index (κ2) is 8.77. The van der Waals surface area contributed by atoms with Gasteiger partial charge in [-0.1, -0.05) is 46.0 Å². The summed E-state index contributed by atoms with van der Waals surface area (Å²) in [6.07, 6.45) is 0. The van der Waals surface area contributed by atoms with Crippen LogP contribution in [-0.2, 0) is 21.5 Å².